The Bertz CT molecular complexity index is 1080. The molecule has 0 aliphatic carbocycles. The van der Waals surface area contributed by atoms with E-state index in [0.29, 0.717) is 0 Å². The fourth-order valence-corrected chi connectivity index (χ4v) is 2.71. The Balaban J connectivity index is 1.58. The summed E-state index contributed by atoms with van der Waals surface area (Å²) in [6, 6.07) is 12.2. The first-order chi connectivity index (χ1) is 13.8. The topological polar surface area (TPSA) is 116 Å². The largest absolute Gasteiger partial charge is 0.452 e. The van der Waals surface area contributed by atoms with E-state index in [1.165, 1.54) is 12.1 Å². The number of amides is 1. The third-order valence-electron chi connectivity index (χ3n) is 3.94. The molecule has 0 bridgehead atoms. The molecule has 1 aromatic heterocycles. The molecule has 0 aliphatic rings. The van der Waals surface area contributed by atoms with Gasteiger partial charge >= 0.3 is 5.97 Å². The van der Waals surface area contributed by atoms with E-state index in [2.05, 4.69) is 10.4 Å². The molecule has 29 heavy (non-hydrogen) atoms. The SMILES string of the molecule is Cc1ccnn1-c1ccc(C(=O)OCC(=O)Nc2ccc(Cl)c([N+](=O)[O-])c2)cc1. The number of aromatic nitrogens is 2. The van der Waals surface area contributed by atoms with Crippen LogP contribution in [0.4, 0.5) is 11.4 Å². The molecule has 0 atom stereocenters. The number of esters is 1. The minimum atomic E-state index is -0.675. The van der Waals surface area contributed by atoms with Crippen LogP contribution in [0, 0.1) is 17.0 Å². The van der Waals surface area contributed by atoms with Crippen LogP contribution in [-0.2, 0) is 9.53 Å². The molecule has 1 amide bonds. The van der Waals surface area contributed by atoms with Gasteiger partial charge in [-0.05, 0) is 49.4 Å². The minimum absolute atomic E-state index is 0.0480. The Labute approximate surface area is 170 Å². The number of anilines is 1. The first-order valence-electron chi connectivity index (χ1n) is 8.37. The molecular formula is C19H15ClN4O5. The number of aryl methyl sites for hydroxylation is 1. The van der Waals surface area contributed by atoms with Gasteiger partial charge in [-0.25, -0.2) is 9.48 Å². The molecule has 9 nitrogen and oxygen atoms in total. The van der Waals surface area contributed by atoms with Crippen LogP contribution >= 0.6 is 11.6 Å². The fraction of sp³-hybridized carbons (Fsp3) is 0.105. The van der Waals surface area contributed by atoms with Gasteiger partial charge in [-0.15, -0.1) is 0 Å². The molecule has 0 radical (unpaired) electrons. The van der Waals surface area contributed by atoms with E-state index in [4.69, 9.17) is 16.3 Å². The van der Waals surface area contributed by atoms with Crippen molar-refractivity contribution in [1.82, 2.24) is 9.78 Å². The predicted octanol–water partition coefficient (Wildman–Crippen LogP) is 3.54. The highest BCUT2D eigenvalue weighted by Gasteiger charge is 2.15. The highest BCUT2D eigenvalue weighted by Crippen LogP contribution is 2.27. The Morgan fingerprint density at radius 2 is 1.93 bits per heavy atom. The van der Waals surface area contributed by atoms with Gasteiger partial charge in [0.15, 0.2) is 6.61 Å². The van der Waals surface area contributed by atoms with Gasteiger partial charge in [0.1, 0.15) is 5.02 Å². The van der Waals surface area contributed by atoms with Crippen molar-refractivity contribution in [3.63, 3.8) is 0 Å². The third-order valence-corrected chi connectivity index (χ3v) is 4.26. The molecule has 2 aromatic carbocycles. The van der Waals surface area contributed by atoms with Gasteiger partial charge in [-0.2, -0.15) is 5.10 Å². The number of halogens is 1. The first-order valence-corrected chi connectivity index (χ1v) is 8.75. The second-order valence-electron chi connectivity index (χ2n) is 5.98. The smallest absolute Gasteiger partial charge is 0.338 e. The molecule has 1 N–H and O–H groups in total. The van der Waals surface area contributed by atoms with Crippen LogP contribution in [0.2, 0.25) is 5.02 Å². The number of carbonyl (C=O) groups is 2. The van der Waals surface area contributed by atoms with Crippen LogP contribution in [-0.4, -0.2) is 33.2 Å². The van der Waals surface area contributed by atoms with Crippen molar-refractivity contribution in [2.75, 3.05) is 11.9 Å². The monoisotopic (exact) mass is 414 g/mol. The highest BCUT2D eigenvalue weighted by molar-refractivity contribution is 6.32. The van der Waals surface area contributed by atoms with Crippen LogP contribution in [0.1, 0.15) is 16.1 Å². The standard InChI is InChI=1S/C19H15ClN4O5/c1-12-8-9-21-23(12)15-5-2-13(3-6-15)19(26)29-11-18(25)22-14-4-7-16(20)17(10-14)24(27)28/h2-10H,11H2,1H3,(H,22,25). The molecule has 0 saturated carbocycles. The number of hydrogen-bond donors (Lipinski definition) is 1. The predicted molar refractivity (Wildman–Crippen MR) is 105 cm³/mol. The van der Waals surface area contributed by atoms with Crippen molar-refractivity contribution < 1.29 is 19.2 Å². The third kappa shape index (κ3) is 4.77. The van der Waals surface area contributed by atoms with Crippen LogP contribution in [0.5, 0.6) is 0 Å². The normalized spacial score (nSPS) is 10.4. The molecule has 0 unspecified atom stereocenters. The fourth-order valence-electron chi connectivity index (χ4n) is 2.52. The maximum absolute atomic E-state index is 12.1. The zero-order valence-corrected chi connectivity index (χ0v) is 15.9. The van der Waals surface area contributed by atoms with Crippen LogP contribution in [0.15, 0.2) is 54.7 Å². The Kier molecular flexibility index (Phi) is 5.89. The van der Waals surface area contributed by atoms with E-state index in [9.17, 15) is 19.7 Å². The lowest BCUT2D eigenvalue weighted by Gasteiger charge is -2.08. The summed E-state index contributed by atoms with van der Waals surface area (Å²) in [6.07, 6.45) is 1.67. The van der Waals surface area contributed by atoms with Gasteiger partial charge in [-0.1, -0.05) is 11.6 Å². The molecule has 3 rings (SSSR count). The molecular weight excluding hydrogens is 400 g/mol. The van der Waals surface area contributed by atoms with Crippen LogP contribution in [0.25, 0.3) is 5.69 Å². The lowest BCUT2D eigenvalue weighted by Crippen LogP contribution is -2.21. The molecule has 0 spiro atoms. The number of hydrogen-bond acceptors (Lipinski definition) is 6. The molecule has 0 saturated heterocycles. The average Bonchev–Trinajstić information content (AvgIpc) is 3.13. The Morgan fingerprint density at radius 1 is 1.21 bits per heavy atom. The van der Waals surface area contributed by atoms with Crippen LogP contribution in [0.3, 0.4) is 0 Å². The van der Waals surface area contributed by atoms with Crippen molar-refractivity contribution >= 4 is 34.9 Å². The number of carbonyl (C=O) groups excluding carboxylic acids is 2. The number of nitrogens with zero attached hydrogens (tertiary/aromatic N) is 3. The van der Waals surface area contributed by atoms with E-state index in [0.717, 1.165) is 17.4 Å². The van der Waals surface area contributed by atoms with Crippen molar-refractivity contribution in [3.05, 3.63) is 81.1 Å². The van der Waals surface area contributed by atoms with Crippen molar-refractivity contribution in [3.8, 4) is 5.69 Å². The van der Waals surface area contributed by atoms with Gasteiger partial charge in [0.05, 0.1) is 16.2 Å². The van der Waals surface area contributed by atoms with E-state index in [1.807, 2.05) is 13.0 Å². The van der Waals surface area contributed by atoms with Gasteiger partial charge in [0.2, 0.25) is 0 Å². The van der Waals surface area contributed by atoms with Gasteiger partial charge in [0.25, 0.3) is 11.6 Å². The number of nitrogens with one attached hydrogen (secondary N) is 1. The number of nitro groups is 1. The van der Waals surface area contributed by atoms with E-state index in [-0.39, 0.29) is 22.0 Å². The lowest BCUT2D eigenvalue weighted by atomic mass is 10.2. The molecule has 0 aliphatic heterocycles. The maximum atomic E-state index is 12.1. The summed E-state index contributed by atoms with van der Waals surface area (Å²) >= 11 is 5.72. The van der Waals surface area contributed by atoms with Crippen molar-refractivity contribution in [2.24, 2.45) is 0 Å². The van der Waals surface area contributed by atoms with E-state index >= 15 is 0 Å². The molecule has 10 heteroatoms. The quantitative estimate of drug-likeness (QED) is 0.374. The van der Waals surface area contributed by atoms with Crippen molar-refractivity contribution in [1.29, 1.82) is 0 Å². The Hall–Kier alpha value is -3.72. The number of rotatable bonds is 6. The summed E-state index contributed by atoms with van der Waals surface area (Å²) in [5, 5.41) is 17.4. The molecule has 148 valence electrons. The van der Waals surface area contributed by atoms with E-state index < -0.39 is 23.4 Å². The first kappa shape index (κ1) is 20.0. The van der Waals surface area contributed by atoms with Crippen molar-refractivity contribution in [2.45, 2.75) is 6.92 Å². The summed E-state index contributed by atoms with van der Waals surface area (Å²) in [4.78, 5) is 34.3. The summed E-state index contributed by atoms with van der Waals surface area (Å²) in [5.74, 6) is -1.32. The van der Waals surface area contributed by atoms with Gasteiger partial charge in [0, 0.05) is 23.6 Å². The second kappa shape index (κ2) is 8.53. The zero-order chi connectivity index (χ0) is 21.0. The summed E-state index contributed by atoms with van der Waals surface area (Å²) in [5.41, 5.74) is 1.83. The minimum Gasteiger partial charge on any atom is -0.452 e. The average molecular weight is 415 g/mol. The molecule has 3 aromatic rings. The highest BCUT2D eigenvalue weighted by atomic mass is 35.5. The van der Waals surface area contributed by atoms with Gasteiger partial charge < -0.3 is 10.1 Å². The lowest BCUT2D eigenvalue weighted by molar-refractivity contribution is -0.384. The van der Waals surface area contributed by atoms with Crippen LogP contribution < -0.4 is 5.32 Å². The Morgan fingerprint density at radius 3 is 2.55 bits per heavy atom. The van der Waals surface area contributed by atoms with E-state index in [1.54, 1.807) is 35.1 Å². The summed E-state index contributed by atoms with van der Waals surface area (Å²) < 4.78 is 6.70. The number of ether oxygens (including phenoxy) is 1. The summed E-state index contributed by atoms with van der Waals surface area (Å²) in [7, 11) is 0. The second-order valence-corrected chi connectivity index (χ2v) is 6.39. The number of nitro benzene ring substituents is 1. The summed E-state index contributed by atoms with van der Waals surface area (Å²) in [6.45, 7) is 1.36. The number of benzene rings is 2. The molecule has 0 fully saturated rings. The maximum Gasteiger partial charge on any atom is 0.338 e. The van der Waals surface area contributed by atoms with Gasteiger partial charge in [-0.3, -0.25) is 14.9 Å². The zero-order valence-electron chi connectivity index (χ0n) is 15.2. The molecule has 1 heterocycles.